The average molecular weight is 419 g/mol. The highest BCUT2D eigenvalue weighted by Crippen LogP contribution is 2.12. The Morgan fingerprint density at radius 2 is 1.81 bits per heavy atom. The summed E-state index contributed by atoms with van der Waals surface area (Å²) in [4.78, 5) is 33.6. The Kier molecular flexibility index (Phi) is 6.92. The van der Waals surface area contributed by atoms with E-state index in [4.69, 9.17) is 4.74 Å². The van der Waals surface area contributed by atoms with Crippen LogP contribution >= 0.6 is 0 Å². The third-order valence-corrected chi connectivity index (χ3v) is 4.20. The number of carbonyl (C=O) groups excluding carboxylic acids is 2. The third kappa shape index (κ3) is 6.60. The maximum Gasteiger partial charge on any atom is 0.408 e. The molecule has 0 aliphatic carbocycles. The molecule has 0 bridgehead atoms. The number of fused-ring (bicyclic) bond motifs is 1. The van der Waals surface area contributed by atoms with Gasteiger partial charge < -0.3 is 10.1 Å². The topological polar surface area (TPSA) is 106 Å². The maximum atomic E-state index is 12.8. The number of aromatic nitrogens is 2. The number of benzene rings is 2. The van der Waals surface area contributed by atoms with Crippen LogP contribution in [0.4, 0.5) is 4.79 Å². The van der Waals surface area contributed by atoms with E-state index in [0.29, 0.717) is 17.5 Å². The first kappa shape index (κ1) is 21.9. The second-order valence-electron chi connectivity index (χ2n) is 7.89. The molecule has 0 saturated carbocycles. The molecule has 1 atom stereocenters. The summed E-state index contributed by atoms with van der Waals surface area (Å²) in [5.41, 5.74) is 4.83. The maximum absolute atomic E-state index is 12.8. The van der Waals surface area contributed by atoms with Crippen molar-refractivity contribution in [2.45, 2.75) is 38.8 Å². The van der Waals surface area contributed by atoms with Crippen LogP contribution in [0.3, 0.4) is 0 Å². The van der Waals surface area contributed by atoms with Gasteiger partial charge in [-0.05, 0) is 32.4 Å². The minimum Gasteiger partial charge on any atom is -0.444 e. The zero-order valence-electron chi connectivity index (χ0n) is 17.7. The fourth-order valence-corrected chi connectivity index (χ4v) is 2.87. The quantitative estimate of drug-likeness (QED) is 0.471. The summed E-state index contributed by atoms with van der Waals surface area (Å²) < 4.78 is 5.29. The monoisotopic (exact) mass is 419 g/mol. The van der Waals surface area contributed by atoms with Gasteiger partial charge in [0, 0.05) is 24.4 Å². The molecule has 1 heterocycles. The van der Waals surface area contributed by atoms with E-state index in [-0.39, 0.29) is 0 Å². The number of hydrazone groups is 1. The Labute approximate surface area is 180 Å². The molecule has 8 nitrogen and oxygen atoms in total. The summed E-state index contributed by atoms with van der Waals surface area (Å²) in [6.45, 7) is 5.28. The SMILES string of the molecule is CC(C)(C)OC(=O)N[C@@H](Cc1ccccc1)C(=O)N/N=C/c1cccc2nccnc12. The fraction of sp³-hybridized carbons (Fsp3) is 0.261. The number of rotatable bonds is 6. The molecule has 2 amide bonds. The van der Waals surface area contributed by atoms with Gasteiger partial charge in [0.1, 0.15) is 11.6 Å². The summed E-state index contributed by atoms with van der Waals surface area (Å²) in [5, 5.41) is 6.68. The minimum absolute atomic E-state index is 0.293. The molecule has 0 fully saturated rings. The van der Waals surface area contributed by atoms with E-state index in [9.17, 15) is 9.59 Å². The van der Waals surface area contributed by atoms with Crippen LogP contribution in [0.1, 0.15) is 31.9 Å². The van der Waals surface area contributed by atoms with Gasteiger partial charge in [-0.2, -0.15) is 5.10 Å². The summed E-state index contributed by atoms with van der Waals surface area (Å²) in [7, 11) is 0. The van der Waals surface area contributed by atoms with Crippen LogP contribution in [-0.2, 0) is 16.0 Å². The van der Waals surface area contributed by atoms with Crippen molar-refractivity contribution in [3.63, 3.8) is 0 Å². The van der Waals surface area contributed by atoms with E-state index in [1.165, 1.54) is 6.21 Å². The van der Waals surface area contributed by atoms with E-state index < -0.39 is 23.6 Å². The molecule has 2 aromatic carbocycles. The number of nitrogens with zero attached hydrogens (tertiary/aromatic N) is 3. The van der Waals surface area contributed by atoms with Crippen molar-refractivity contribution in [3.8, 4) is 0 Å². The van der Waals surface area contributed by atoms with E-state index in [1.807, 2.05) is 48.5 Å². The average Bonchev–Trinajstić information content (AvgIpc) is 2.73. The first-order valence-electron chi connectivity index (χ1n) is 9.88. The first-order chi connectivity index (χ1) is 14.8. The van der Waals surface area contributed by atoms with Crippen molar-refractivity contribution in [1.82, 2.24) is 20.7 Å². The van der Waals surface area contributed by atoms with E-state index in [2.05, 4.69) is 25.8 Å². The Bertz CT molecular complexity index is 1070. The van der Waals surface area contributed by atoms with Crippen LogP contribution in [0.15, 0.2) is 66.0 Å². The molecule has 8 heteroatoms. The van der Waals surface area contributed by atoms with Crippen LogP contribution in [0.2, 0.25) is 0 Å². The van der Waals surface area contributed by atoms with Crippen LogP contribution in [0, 0.1) is 0 Å². The number of amides is 2. The summed E-state index contributed by atoms with van der Waals surface area (Å²) >= 11 is 0. The molecule has 3 aromatic rings. The molecule has 0 aliphatic heterocycles. The van der Waals surface area contributed by atoms with Gasteiger partial charge in [0.25, 0.3) is 5.91 Å². The molecule has 1 aromatic heterocycles. The zero-order chi connectivity index (χ0) is 22.3. The molecule has 0 aliphatic rings. The molecule has 2 N–H and O–H groups in total. The molecular formula is C23H25N5O3. The lowest BCUT2D eigenvalue weighted by molar-refractivity contribution is -0.123. The smallest absolute Gasteiger partial charge is 0.408 e. The predicted octanol–water partition coefficient (Wildman–Crippen LogP) is 3.22. The second-order valence-corrected chi connectivity index (χ2v) is 7.89. The van der Waals surface area contributed by atoms with Gasteiger partial charge in [-0.15, -0.1) is 0 Å². The molecule has 0 spiro atoms. The van der Waals surface area contributed by atoms with Crippen molar-refractivity contribution in [2.24, 2.45) is 5.10 Å². The lowest BCUT2D eigenvalue weighted by Gasteiger charge is -2.23. The van der Waals surface area contributed by atoms with Crippen molar-refractivity contribution in [1.29, 1.82) is 0 Å². The Morgan fingerprint density at radius 1 is 1.06 bits per heavy atom. The molecule has 0 radical (unpaired) electrons. The van der Waals surface area contributed by atoms with Crippen LogP contribution in [0.5, 0.6) is 0 Å². The summed E-state index contributed by atoms with van der Waals surface area (Å²) in [6.07, 6.45) is 4.33. The zero-order valence-corrected chi connectivity index (χ0v) is 17.7. The van der Waals surface area contributed by atoms with Gasteiger partial charge in [0.15, 0.2) is 0 Å². The molecular weight excluding hydrogens is 394 g/mol. The number of ether oxygens (including phenoxy) is 1. The van der Waals surface area contributed by atoms with Gasteiger partial charge in [0.05, 0.1) is 17.2 Å². The van der Waals surface area contributed by atoms with Gasteiger partial charge >= 0.3 is 6.09 Å². The van der Waals surface area contributed by atoms with Gasteiger partial charge in [0.2, 0.25) is 0 Å². The highest BCUT2D eigenvalue weighted by atomic mass is 16.6. The van der Waals surface area contributed by atoms with E-state index >= 15 is 0 Å². The van der Waals surface area contributed by atoms with Crippen molar-refractivity contribution >= 4 is 29.2 Å². The van der Waals surface area contributed by atoms with Crippen LogP contribution in [-0.4, -0.2) is 39.8 Å². The third-order valence-electron chi connectivity index (χ3n) is 4.20. The second kappa shape index (κ2) is 9.80. The minimum atomic E-state index is -0.860. The number of hydrogen-bond donors (Lipinski definition) is 2. The predicted molar refractivity (Wildman–Crippen MR) is 119 cm³/mol. The number of hydrogen-bond acceptors (Lipinski definition) is 6. The van der Waals surface area contributed by atoms with Crippen LogP contribution in [0.25, 0.3) is 11.0 Å². The lowest BCUT2D eigenvalue weighted by atomic mass is 10.1. The van der Waals surface area contributed by atoms with Gasteiger partial charge in [-0.3, -0.25) is 14.8 Å². The van der Waals surface area contributed by atoms with Crippen molar-refractivity contribution < 1.29 is 14.3 Å². The number of alkyl carbamates (subject to hydrolysis) is 1. The van der Waals surface area contributed by atoms with Crippen molar-refractivity contribution in [3.05, 3.63) is 72.1 Å². The van der Waals surface area contributed by atoms with Gasteiger partial charge in [-0.1, -0.05) is 42.5 Å². The number of carbonyl (C=O) groups is 2. The van der Waals surface area contributed by atoms with Crippen molar-refractivity contribution in [2.75, 3.05) is 0 Å². The van der Waals surface area contributed by atoms with Crippen LogP contribution < -0.4 is 10.7 Å². The largest absolute Gasteiger partial charge is 0.444 e. The standard InChI is InChI=1S/C23H25N5O3/c1-23(2,3)31-22(30)27-19(14-16-8-5-4-6-9-16)21(29)28-26-15-17-10-7-11-18-20(17)25-13-12-24-18/h4-13,15,19H,14H2,1-3H3,(H,27,30)(H,28,29)/b26-15+/t19-/m0/s1. The lowest BCUT2D eigenvalue weighted by Crippen LogP contribution is -2.48. The number of nitrogens with one attached hydrogen (secondary N) is 2. The molecule has 31 heavy (non-hydrogen) atoms. The summed E-state index contributed by atoms with van der Waals surface area (Å²) in [5.74, 6) is -0.461. The van der Waals surface area contributed by atoms with E-state index in [0.717, 1.165) is 11.1 Å². The Morgan fingerprint density at radius 3 is 2.55 bits per heavy atom. The fourth-order valence-electron chi connectivity index (χ4n) is 2.87. The summed E-state index contributed by atoms with van der Waals surface area (Å²) in [6, 6.07) is 14.0. The first-order valence-corrected chi connectivity index (χ1v) is 9.88. The molecule has 160 valence electrons. The van der Waals surface area contributed by atoms with E-state index in [1.54, 1.807) is 33.2 Å². The molecule has 0 unspecified atom stereocenters. The van der Waals surface area contributed by atoms with Gasteiger partial charge in [-0.25, -0.2) is 10.2 Å². The highest BCUT2D eigenvalue weighted by molar-refractivity contribution is 5.96. The number of para-hydroxylation sites is 1. The molecule has 0 saturated heterocycles. The Balaban J connectivity index is 1.72. The Hall–Kier alpha value is -3.81. The normalized spacial score (nSPS) is 12.5. The highest BCUT2D eigenvalue weighted by Gasteiger charge is 2.24. The molecule has 3 rings (SSSR count).